The van der Waals surface area contributed by atoms with Crippen molar-refractivity contribution in [2.24, 2.45) is 0 Å². The Balaban J connectivity index is 2.67. The molecule has 0 radical (unpaired) electrons. The van der Waals surface area contributed by atoms with Crippen LogP contribution in [0.3, 0.4) is 0 Å². The second-order valence-electron chi connectivity index (χ2n) is 6.52. The molecule has 1 aromatic heterocycles. The van der Waals surface area contributed by atoms with Crippen molar-refractivity contribution in [3.8, 4) is 11.3 Å². The topological polar surface area (TPSA) is 57.2 Å². The van der Waals surface area contributed by atoms with Crippen molar-refractivity contribution in [3.63, 3.8) is 0 Å². The highest BCUT2D eigenvalue weighted by Crippen LogP contribution is 2.34. The second kappa shape index (κ2) is 8.65. The lowest BCUT2D eigenvalue weighted by molar-refractivity contribution is 0.272. The number of halogens is 1. The highest BCUT2D eigenvalue weighted by atomic mass is 35.5. The number of aromatic nitrogens is 1. The van der Waals surface area contributed by atoms with Gasteiger partial charge >= 0.3 is 0 Å². The summed E-state index contributed by atoms with van der Waals surface area (Å²) in [6.45, 7) is 8.99. The van der Waals surface area contributed by atoms with Crippen LogP contribution < -0.4 is 10.6 Å². The number of aliphatic hydroxyl groups is 1. The zero-order valence-electron chi connectivity index (χ0n) is 15.7. The van der Waals surface area contributed by atoms with E-state index in [1.807, 2.05) is 26.1 Å². The molecule has 3 N–H and O–H groups in total. The third kappa shape index (κ3) is 4.51. The molecule has 25 heavy (non-hydrogen) atoms. The van der Waals surface area contributed by atoms with Crippen LogP contribution >= 0.6 is 11.6 Å². The van der Waals surface area contributed by atoms with Crippen LogP contribution in [0, 0.1) is 20.8 Å². The normalized spacial score (nSPS) is 12.3. The van der Waals surface area contributed by atoms with Crippen LogP contribution in [0.5, 0.6) is 0 Å². The Morgan fingerprint density at radius 3 is 2.32 bits per heavy atom. The number of aryl methyl sites for hydroxylation is 3. The first-order valence-corrected chi connectivity index (χ1v) is 9.08. The maximum absolute atomic E-state index is 9.57. The van der Waals surface area contributed by atoms with E-state index in [0.717, 1.165) is 50.8 Å². The largest absolute Gasteiger partial charge is 0.394 e. The summed E-state index contributed by atoms with van der Waals surface area (Å²) in [5.74, 6) is 0. The van der Waals surface area contributed by atoms with Crippen molar-refractivity contribution in [1.29, 1.82) is 0 Å². The van der Waals surface area contributed by atoms with Crippen molar-refractivity contribution in [3.05, 3.63) is 45.6 Å². The van der Waals surface area contributed by atoms with Crippen LogP contribution in [0.2, 0.25) is 5.02 Å². The molecule has 0 amide bonds. The molecule has 5 heteroatoms. The minimum Gasteiger partial charge on any atom is -0.394 e. The quantitative estimate of drug-likeness (QED) is 0.690. The van der Waals surface area contributed by atoms with E-state index in [2.05, 4.69) is 37.5 Å². The zero-order valence-corrected chi connectivity index (χ0v) is 16.5. The monoisotopic (exact) mass is 361 g/mol. The van der Waals surface area contributed by atoms with Crippen LogP contribution in [0.1, 0.15) is 35.7 Å². The van der Waals surface area contributed by atoms with Gasteiger partial charge in [-0.2, -0.15) is 0 Å². The minimum absolute atomic E-state index is 0.0256. The zero-order chi connectivity index (χ0) is 18.6. The van der Waals surface area contributed by atoms with Gasteiger partial charge in [0.2, 0.25) is 0 Å². The molecule has 4 nitrogen and oxygen atoms in total. The van der Waals surface area contributed by atoms with E-state index >= 15 is 0 Å². The van der Waals surface area contributed by atoms with Gasteiger partial charge in [0, 0.05) is 40.1 Å². The van der Waals surface area contributed by atoms with Gasteiger partial charge in [-0.05, 0) is 63.6 Å². The average molecular weight is 362 g/mol. The number of rotatable bonds is 7. The summed E-state index contributed by atoms with van der Waals surface area (Å²) in [5.41, 5.74) is 7.38. The van der Waals surface area contributed by atoms with Crippen molar-refractivity contribution < 1.29 is 5.11 Å². The van der Waals surface area contributed by atoms with Crippen LogP contribution in [0.15, 0.2) is 18.2 Å². The fourth-order valence-corrected chi connectivity index (χ4v) is 3.50. The van der Waals surface area contributed by atoms with Gasteiger partial charge < -0.3 is 15.7 Å². The number of hydrogen-bond acceptors (Lipinski definition) is 4. The third-order valence-corrected chi connectivity index (χ3v) is 4.63. The molecule has 0 saturated heterocycles. The Morgan fingerprint density at radius 1 is 1.16 bits per heavy atom. The number of nitrogens with zero attached hydrogens (tertiary/aromatic N) is 1. The van der Waals surface area contributed by atoms with Gasteiger partial charge in [0.15, 0.2) is 0 Å². The molecule has 0 aliphatic heterocycles. The van der Waals surface area contributed by atoms with Crippen LogP contribution in [0.4, 0.5) is 5.69 Å². The molecule has 2 aromatic rings. The lowest BCUT2D eigenvalue weighted by Gasteiger charge is -2.22. The van der Waals surface area contributed by atoms with Crippen molar-refractivity contribution in [2.45, 2.75) is 46.7 Å². The molecule has 0 bridgehead atoms. The van der Waals surface area contributed by atoms with E-state index in [4.69, 9.17) is 16.6 Å². The van der Waals surface area contributed by atoms with E-state index in [9.17, 15) is 5.11 Å². The molecule has 1 heterocycles. The molecule has 1 unspecified atom stereocenters. The highest BCUT2D eigenvalue weighted by Gasteiger charge is 2.18. The smallest absolute Gasteiger partial charge is 0.0776 e. The lowest BCUT2D eigenvalue weighted by Crippen LogP contribution is -2.24. The third-order valence-electron chi connectivity index (χ3n) is 4.41. The molecule has 0 spiro atoms. The first-order valence-electron chi connectivity index (χ1n) is 8.70. The van der Waals surface area contributed by atoms with Crippen LogP contribution in [-0.4, -0.2) is 29.8 Å². The predicted molar refractivity (Wildman–Crippen MR) is 106 cm³/mol. The highest BCUT2D eigenvalue weighted by molar-refractivity contribution is 6.30. The molecular formula is C20H28ClN3O. The molecule has 0 aliphatic rings. The molecular weight excluding hydrogens is 334 g/mol. The van der Waals surface area contributed by atoms with Gasteiger partial charge in [-0.25, -0.2) is 0 Å². The summed E-state index contributed by atoms with van der Waals surface area (Å²) in [6.07, 6.45) is 0.852. The Hall–Kier alpha value is -1.62. The van der Waals surface area contributed by atoms with E-state index in [1.54, 1.807) is 0 Å². The summed E-state index contributed by atoms with van der Waals surface area (Å²) in [6, 6.07) is 6.03. The van der Waals surface area contributed by atoms with Gasteiger partial charge in [-0.15, -0.1) is 0 Å². The lowest BCUT2D eigenvalue weighted by atomic mass is 9.95. The van der Waals surface area contributed by atoms with Crippen molar-refractivity contribution >= 4 is 17.3 Å². The molecule has 0 saturated carbocycles. The summed E-state index contributed by atoms with van der Waals surface area (Å²) in [7, 11) is 1.93. The van der Waals surface area contributed by atoms with Crippen LogP contribution in [0.25, 0.3) is 11.3 Å². The first-order chi connectivity index (χ1) is 11.9. The van der Waals surface area contributed by atoms with Crippen molar-refractivity contribution in [2.75, 3.05) is 19.0 Å². The second-order valence-corrected chi connectivity index (χ2v) is 6.95. The van der Waals surface area contributed by atoms with E-state index in [1.165, 1.54) is 0 Å². The molecule has 1 aromatic carbocycles. The van der Waals surface area contributed by atoms with Gasteiger partial charge in [-0.1, -0.05) is 18.5 Å². The Bertz CT molecular complexity index is 719. The van der Waals surface area contributed by atoms with Crippen molar-refractivity contribution in [1.82, 2.24) is 10.3 Å². The SMILES string of the molecule is CCC(CO)Nc1cc(C)nc(-c2c(C)cc(Cl)cc2C)c1CNC. The predicted octanol–water partition coefficient (Wildman–Crippen LogP) is 4.23. The summed E-state index contributed by atoms with van der Waals surface area (Å²) in [4.78, 5) is 4.85. The number of aliphatic hydroxyl groups excluding tert-OH is 1. The Labute approximate surface area is 155 Å². The summed E-state index contributed by atoms with van der Waals surface area (Å²) in [5, 5.41) is 17.0. The van der Waals surface area contributed by atoms with E-state index in [-0.39, 0.29) is 12.6 Å². The van der Waals surface area contributed by atoms with Gasteiger partial charge in [0.25, 0.3) is 0 Å². The van der Waals surface area contributed by atoms with E-state index in [0.29, 0.717) is 6.54 Å². The maximum atomic E-state index is 9.57. The number of benzene rings is 1. The molecule has 0 fully saturated rings. The van der Waals surface area contributed by atoms with Gasteiger partial charge in [0.1, 0.15) is 0 Å². The number of pyridine rings is 1. The number of hydrogen-bond donors (Lipinski definition) is 3. The fourth-order valence-electron chi connectivity index (χ4n) is 3.17. The maximum Gasteiger partial charge on any atom is 0.0776 e. The Morgan fingerprint density at radius 2 is 1.80 bits per heavy atom. The molecule has 2 rings (SSSR count). The summed E-state index contributed by atoms with van der Waals surface area (Å²) >= 11 is 6.21. The average Bonchev–Trinajstić information content (AvgIpc) is 2.54. The van der Waals surface area contributed by atoms with Gasteiger partial charge in [-0.3, -0.25) is 4.98 Å². The number of nitrogens with one attached hydrogen (secondary N) is 2. The minimum atomic E-state index is 0.0256. The van der Waals surface area contributed by atoms with E-state index < -0.39 is 0 Å². The fraction of sp³-hybridized carbons (Fsp3) is 0.450. The molecule has 0 aliphatic carbocycles. The first kappa shape index (κ1) is 19.7. The van der Waals surface area contributed by atoms with Crippen LogP contribution in [-0.2, 0) is 6.54 Å². The Kier molecular flexibility index (Phi) is 6.82. The summed E-state index contributed by atoms with van der Waals surface area (Å²) < 4.78 is 0. The van der Waals surface area contributed by atoms with Gasteiger partial charge in [0.05, 0.1) is 12.3 Å². The molecule has 136 valence electrons. The molecule has 1 atom stereocenters. The number of anilines is 1. The standard InChI is InChI=1S/C20H28ClN3O/c1-6-16(11-25)24-18-9-14(4)23-20(17(18)10-22-5)19-12(2)7-15(21)8-13(19)3/h7-9,16,22,25H,6,10-11H2,1-5H3,(H,23,24).